The van der Waals surface area contributed by atoms with Gasteiger partial charge in [-0.1, -0.05) is 106 Å². The molecule has 2 heteroatoms. The summed E-state index contributed by atoms with van der Waals surface area (Å²) in [5.74, 6) is 0. The number of benzene rings is 5. The van der Waals surface area contributed by atoms with Crippen molar-refractivity contribution in [3.05, 3.63) is 125 Å². The quantitative estimate of drug-likeness (QED) is 0.173. The summed E-state index contributed by atoms with van der Waals surface area (Å²) in [5, 5.41) is 8.39. The van der Waals surface area contributed by atoms with Crippen molar-refractivity contribution in [2.45, 2.75) is 57.6 Å². The SMILES string of the molecule is CCCc1c2ccccc2c(CCC)c2cc(-c3ccc(C4(C)CC=C(c5ccc6ccccc6c5)S4)s3)ccc12. The molecule has 0 aliphatic carbocycles. The van der Waals surface area contributed by atoms with Crippen LogP contribution in [0.4, 0.5) is 0 Å². The molecule has 0 saturated carbocycles. The van der Waals surface area contributed by atoms with Gasteiger partial charge in [0.2, 0.25) is 0 Å². The van der Waals surface area contributed by atoms with E-state index < -0.39 is 0 Å². The lowest BCUT2D eigenvalue weighted by molar-refractivity contribution is 0.735. The van der Waals surface area contributed by atoms with Gasteiger partial charge in [-0.25, -0.2) is 0 Å². The Kier molecular flexibility index (Phi) is 7.01. The normalized spacial score (nSPS) is 17.1. The summed E-state index contributed by atoms with van der Waals surface area (Å²) in [6, 6.07) is 36.6. The Labute approximate surface area is 252 Å². The maximum atomic E-state index is 2.49. The zero-order chi connectivity index (χ0) is 28.0. The number of aryl methyl sites for hydroxylation is 2. The van der Waals surface area contributed by atoms with Crippen molar-refractivity contribution in [2.24, 2.45) is 0 Å². The number of rotatable bonds is 7. The minimum atomic E-state index is 0.0681. The summed E-state index contributed by atoms with van der Waals surface area (Å²) in [6.45, 7) is 7.01. The van der Waals surface area contributed by atoms with Gasteiger partial charge in [-0.05, 0) is 105 Å². The number of allylic oxidation sites excluding steroid dienone is 1. The van der Waals surface area contributed by atoms with Gasteiger partial charge in [-0.3, -0.25) is 0 Å². The van der Waals surface area contributed by atoms with Gasteiger partial charge in [0.05, 0.1) is 4.75 Å². The van der Waals surface area contributed by atoms with Crippen molar-refractivity contribution in [1.29, 1.82) is 0 Å². The molecule has 204 valence electrons. The first kappa shape index (κ1) is 26.6. The minimum Gasteiger partial charge on any atom is -0.139 e. The van der Waals surface area contributed by atoms with Crippen LogP contribution in [0.3, 0.4) is 0 Å². The van der Waals surface area contributed by atoms with E-state index in [1.165, 1.54) is 69.2 Å². The zero-order valence-corrected chi connectivity index (χ0v) is 25.8. The van der Waals surface area contributed by atoms with Crippen molar-refractivity contribution in [1.82, 2.24) is 0 Å². The molecule has 41 heavy (non-hydrogen) atoms. The molecule has 1 aliphatic rings. The van der Waals surface area contributed by atoms with Crippen LogP contribution in [0.5, 0.6) is 0 Å². The number of fused-ring (bicyclic) bond motifs is 3. The van der Waals surface area contributed by atoms with Crippen LogP contribution in [0, 0.1) is 0 Å². The minimum absolute atomic E-state index is 0.0681. The van der Waals surface area contributed by atoms with E-state index in [0.29, 0.717) is 0 Å². The van der Waals surface area contributed by atoms with E-state index >= 15 is 0 Å². The van der Waals surface area contributed by atoms with Gasteiger partial charge >= 0.3 is 0 Å². The second kappa shape index (κ2) is 10.8. The average Bonchev–Trinajstić information content (AvgIpc) is 3.67. The second-order valence-electron chi connectivity index (χ2n) is 11.6. The maximum Gasteiger partial charge on any atom is 0.0555 e. The van der Waals surface area contributed by atoms with Gasteiger partial charge < -0.3 is 0 Å². The van der Waals surface area contributed by atoms with Gasteiger partial charge in [0, 0.05) is 14.7 Å². The third-order valence-corrected chi connectivity index (χ3v) is 11.7. The highest BCUT2D eigenvalue weighted by Gasteiger charge is 2.34. The van der Waals surface area contributed by atoms with E-state index in [1.54, 1.807) is 0 Å². The largest absolute Gasteiger partial charge is 0.139 e. The number of hydrogen-bond acceptors (Lipinski definition) is 2. The molecule has 1 unspecified atom stereocenters. The van der Waals surface area contributed by atoms with Crippen LogP contribution in [-0.4, -0.2) is 0 Å². The zero-order valence-electron chi connectivity index (χ0n) is 24.2. The van der Waals surface area contributed by atoms with Crippen LogP contribution in [0.1, 0.15) is 61.6 Å². The topological polar surface area (TPSA) is 0 Å². The summed E-state index contributed by atoms with van der Waals surface area (Å²) in [6.07, 6.45) is 8.05. The van der Waals surface area contributed by atoms with Gasteiger partial charge in [0.1, 0.15) is 0 Å². The highest BCUT2D eigenvalue weighted by atomic mass is 32.2. The van der Waals surface area contributed by atoms with Crippen LogP contribution >= 0.6 is 23.1 Å². The molecule has 6 aromatic rings. The van der Waals surface area contributed by atoms with Crippen LogP contribution in [0.2, 0.25) is 0 Å². The first-order valence-electron chi connectivity index (χ1n) is 15.0. The Morgan fingerprint density at radius 2 is 1.29 bits per heavy atom. The second-order valence-corrected chi connectivity index (χ2v) is 14.2. The molecule has 5 aromatic carbocycles. The highest BCUT2D eigenvalue weighted by Crippen LogP contribution is 2.55. The molecule has 0 bridgehead atoms. The van der Waals surface area contributed by atoms with Gasteiger partial charge in [-0.2, -0.15) is 0 Å². The van der Waals surface area contributed by atoms with E-state index in [2.05, 4.69) is 124 Å². The fourth-order valence-electron chi connectivity index (χ4n) is 6.61. The van der Waals surface area contributed by atoms with Crippen molar-refractivity contribution in [3.8, 4) is 10.4 Å². The lowest BCUT2D eigenvalue weighted by atomic mass is 9.87. The molecule has 0 fully saturated rings. The molecule has 0 amide bonds. The Hall–Kier alpha value is -3.33. The van der Waals surface area contributed by atoms with Gasteiger partial charge in [0.15, 0.2) is 0 Å². The standard InChI is InChI=1S/C39H36S2/c1-4-10-30-32-14-8-9-15-33(32)31(11-5-2)35-25-29(18-19-34(30)35)36-20-21-38(40-36)39(3)23-22-37(41-39)28-17-16-26-12-6-7-13-27(26)24-28/h6-9,12-22,24-25H,4-5,10-11,23H2,1-3H3. The predicted octanol–water partition coefficient (Wildman–Crippen LogP) is 12.2. The fourth-order valence-corrected chi connectivity index (χ4v) is 9.14. The Morgan fingerprint density at radius 3 is 2.05 bits per heavy atom. The van der Waals surface area contributed by atoms with Crippen LogP contribution in [0.25, 0.3) is 47.7 Å². The lowest BCUT2D eigenvalue weighted by Crippen LogP contribution is -2.10. The third kappa shape index (κ3) is 4.72. The van der Waals surface area contributed by atoms with Gasteiger partial charge in [-0.15, -0.1) is 23.1 Å². The molecule has 0 N–H and O–H groups in total. The Balaban J connectivity index is 1.24. The molecular formula is C39H36S2. The van der Waals surface area contributed by atoms with E-state index in [0.717, 1.165) is 32.1 Å². The Bertz CT molecular complexity index is 1940. The van der Waals surface area contributed by atoms with Crippen LogP contribution in [-0.2, 0) is 17.6 Å². The number of thioether (sulfide) groups is 1. The van der Waals surface area contributed by atoms with Crippen molar-refractivity contribution < 1.29 is 0 Å². The predicted molar refractivity (Wildman–Crippen MR) is 184 cm³/mol. The van der Waals surface area contributed by atoms with E-state index in [1.807, 2.05) is 23.1 Å². The van der Waals surface area contributed by atoms with E-state index in [4.69, 9.17) is 0 Å². The summed E-state index contributed by atoms with van der Waals surface area (Å²) in [5.41, 5.74) is 5.71. The van der Waals surface area contributed by atoms with Crippen molar-refractivity contribution in [2.75, 3.05) is 0 Å². The van der Waals surface area contributed by atoms with Crippen LogP contribution in [0.15, 0.2) is 103 Å². The third-order valence-electron chi connectivity index (χ3n) is 8.71. The average molecular weight is 569 g/mol. The molecule has 1 aromatic heterocycles. The first-order chi connectivity index (χ1) is 20.1. The van der Waals surface area contributed by atoms with Crippen molar-refractivity contribution >= 4 is 60.3 Å². The molecule has 0 spiro atoms. The molecular weight excluding hydrogens is 533 g/mol. The van der Waals surface area contributed by atoms with E-state index in [-0.39, 0.29) is 4.75 Å². The lowest BCUT2D eigenvalue weighted by Gasteiger charge is -2.22. The summed E-state index contributed by atoms with van der Waals surface area (Å²) >= 11 is 4.00. The molecule has 0 saturated heterocycles. The summed E-state index contributed by atoms with van der Waals surface area (Å²) in [4.78, 5) is 4.23. The number of thiophene rings is 1. The molecule has 1 atom stereocenters. The monoisotopic (exact) mass is 568 g/mol. The Morgan fingerprint density at radius 1 is 0.634 bits per heavy atom. The molecule has 0 nitrogen and oxygen atoms in total. The summed E-state index contributed by atoms with van der Waals surface area (Å²) < 4.78 is 0.0681. The van der Waals surface area contributed by atoms with E-state index in [9.17, 15) is 0 Å². The highest BCUT2D eigenvalue weighted by molar-refractivity contribution is 8.09. The molecule has 1 aliphatic heterocycles. The molecule has 7 rings (SSSR count). The molecule has 2 heterocycles. The maximum absolute atomic E-state index is 2.49. The smallest absolute Gasteiger partial charge is 0.0555 e. The summed E-state index contributed by atoms with van der Waals surface area (Å²) in [7, 11) is 0. The van der Waals surface area contributed by atoms with Crippen molar-refractivity contribution in [3.63, 3.8) is 0 Å². The number of hydrogen-bond donors (Lipinski definition) is 0. The van der Waals surface area contributed by atoms with Gasteiger partial charge in [0.25, 0.3) is 0 Å². The fraction of sp³-hybridized carbons (Fsp3) is 0.231. The molecule has 0 radical (unpaired) electrons. The first-order valence-corrected chi connectivity index (χ1v) is 16.7. The van der Waals surface area contributed by atoms with Crippen LogP contribution < -0.4 is 0 Å².